The molecule has 90 valence electrons. The molecule has 0 spiro atoms. The molecule has 4 nitrogen and oxygen atoms in total. The van der Waals surface area contributed by atoms with Crippen LogP contribution in [-0.2, 0) is 6.61 Å². The molecule has 0 aliphatic heterocycles. The summed E-state index contributed by atoms with van der Waals surface area (Å²) in [6, 6.07) is 5.38. The number of carboxylic acid groups (broad SMARTS) is 1. The van der Waals surface area contributed by atoms with E-state index in [-0.39, 0.29) is 11.5 Å². The van der Waals surface area contributed by atoms with E-state index >= 15 is 0 Å². The highest BCUT2D eigenvalue weighted by Crippen LogP contribution is 2.29. The maximum Gasteiger partial charge on any atom is 0.349 e. The van der Waals surface area contributed by atoms with Crippen LogP contribution in [0.15, 0.2) is 22.6 Å². The minimum atomic E-state index is -0.964. The molecule has 0 aliphatic rings. The van der Waals surface area contributed by atoms with E-state index in [2.05, 4.69) is 0 Å². The van der Waals surface area contributed by atoms with E-state index in [1.165, 1.54) is 11.3 Å². The number of hydrogen-bond donors (Lipinski definition) is 1. The van der Waals surface area contributed by atoms with Crippen LogP contribution in [0.2, 0.25) is 0 Å². The van der Waals surface area contributed by atoms with Gasteiger partial charge in [0.15, 0.2) is 4.88 Å². The van der Waals surface area contributed by atoms with Crippen molar-refractivity contribution in [2.24, 2.45) is 0 Å². The maximum absolute atomic E-state index is 11.0. The molecule has 0 atom stereocenters. The Balaban J connectivity index is 2.11. The van der Waals surface area contributed by atoms with Gasteiger partial charge in [0.1, 0.15) is 23.9 Å². The Bertz CT molecular complexity index is 538. The van der Waals surface area contributed by atoms with E-state index < -0.39 is 5.97 Å². The van der Waals surface area contributed by atoms with Gasteiger partial charge in [0.05, 0.1) is 0 Å². The molecule has 0 aliphatic carbocycles. The molecule has 1 N–H and O–H groups in total. The molecule has 0 bridgehead atoms. The number of furan rings is 1. The van der Waals surface area contributed by atoms with Crippen molar-refractivity contribution >= 4 is 17.3 Å². The normalized spacial score (nSPS) is 10.5. The first-order valence-corrected chi connectivity index (χ1v) is 5.90. The lowest BCUT2D eigenvalue weighted by atomic mass is 10.4. The summed E-state index contributed by atoms with van der Waals surface area (Å²) in [6.45, 7) is 3.94. The third kappa shape index (κ3) is 2.68. The van der Waals surface area contributed by atoms with E-state index in [0.717, 1.165) is 10.6 Å². The van der Waals surface area contributed by atoms with Crippen LogP contribution in [0.5, 0.6) is 5.75 Å². The summed E-state index contributed by atoms with van der Waals surface area (Å²) in [5, 5.41) is 8.99. The van der Waals surface area contributed by atoms with Gasteiger partial charge >= 0.3 is 5.97 Å². The van der Waals surface area contributed by atoms with Gasteiger partial charge in [-0.2, -0.15) is 0 Å². The van der Waals surface area contributed by atoms with Gasteiger partial charge in [-0.1, -0.05) is 0 Å². The monoisotopic (exact) mass is 252 g/mol. The van der Waals surface area contributed by atoms with Crippen molar-refractivity contribution in [1.29, 1.82) is 0 Å². The SMILES string of the molecule is Cc1ccc(COc2cc(C)sc2C(=O)O)o1. The van der Waals surface area contributed by atoms with E-state index in [0.29, 0.717) is 11.5 Å². The van der Waals surface area contributed by atoms with Crippen molar-refractivity contribution < 1.29 is 19.1 Å². The van der Waals surface area contributed by atoms with Crippen LogP contribution in [0.1, 0.15) is 26.1 Å². The van der Waals surface area contributed by atoms with Crippen molar-refractivity contribution in [3.8, 4) is 5.75 Å². The molecule has 0 unspecified atom stereocenters. The molecule has 0 saturated carbocycles. The molecular formula is C12H12O4S. The molecule has 2 rings (SSSR count). The van der Waals surface area contributed by atoms with Crippen LogP contribution in [0.3, 0.4) is 0 Å². The van der Waals surface area contributed by atoms with Crippen molar-refractivity contribution in [2.45, 2.75) is 20.5 Å². The lowest BCUT2D eigenvalue weighted by Gasteiger charge is -2.02. The molecule has 5 heteroatoms. The number of carbonyl (C=O) groups is 1. The Morgan fingerprint density at radius 2 is 2.24 bits per heavy atom. The molecule has 0 fully saturated rings. The first-order chi connectivity index (χ1) is 8.06. The van der Waals surface area contributed by atoms with Crippen LogP contribution in [0.25, 0.3) is 0 Å². The summed E-state index contributed by atoms with van der Waals surface area (Å²) in [5.74, 6) is 0.925. The fourth-order valence-electron chi connectivity index (χ4n) is 1.46. The van der Waals surface area contributed by atoms with Gasteiger partial charge in [0.25, 0.3) is 0 Å². The first-order valence-electron chi connectivity index (χ1n) is 5.08. The smallest absolute Gasteiger partial charge is 0.349 e. The summed E-state index contributed by atoms with van der Waals surface area (Å²) in [4.78, 5) is 12.1. The summed E-state index contributed by atoms with van der Waals surface area (Å²) in [6.07, 6.45) is 0. The van der Waals surface area contributed by atoms with Crippen LogP contribution < -0.4 is 4.74 Å². The average molecular weight is 252 g/mol. The molecule has 2 heterocycles. The quantitative estimate of drug-likeness (QED) is 0.907. The van der Waals surface area contributed by atoms with Crippen molar-refractivity contribution in [1.82, 2.24) is 0 Å². The number of ether oxygens (including phenoxy) is 1. The fraction of sp³-hybridized carbons (Fsp3) is 0.250. The Morgan fingerprint density at radius 3 is 2.82 bits per heavy atom. The predicted octanol–water partition coefficient (Wildman–Crippen LogP) is 3.24. The standard InChI is InChI=1S/C12H12O4S/c1-7-3-4-9(16-7)6-15-10-5-8(2)17-11(10)12(13)14/h3-5H,6H2,1-2H3,(H,13,14). The summed E-state index contributed by atoms with van der Waals surface area (Å²) >= 11 is 1.21. The molecule has 0 saturated heterocycles. The second kappa shape index (κ2) is 4.63. The van der Waals surface area contributed by atoms with Gasteiger partial charge in [0.2, 0.25) is 0 Å². The van der Waals surface area contributed by atoms with Gasteiger partial charge in [-0.3, -0.25) is 0 Å². The van der Waals surface area contributed by atoms with Crippen LogP contribution in [0.4, 0.5) is 0 Å². The van der Waals surface area contributed by atoms with Crippen LogP contribution in [0, 0.1) is 13.8 Å². The zero-order valence-electron chi connectivity index (χ0n) is 9.52. The lowest BCUT2D eigenvalue weighted by molar-refractivity contribution is 0.0697. The maximum atomic E-state index is 11.0. The largest absolute Gasteiger partial charge is 0.484 e. The van der Waals surface area contributed by atoms with Crippen LogP contribution in [-0.4, -0.2) is 11.1 Å². The molecule has 2 aromatic heterocycles. The van der Waals surface area contributed by atoms with E-state index in [9.17, 15) is 4.79 Å². The Labute approximate surface area is 102 Å². The van der Waals surface area contributed by atoms with Gasteiger partial charge in [0, 0.05) is 4.88 Å². The van der Waals surface area contributed by atoms with Crippen molar-refractivity contribution in [2.75, 3.05) is 0 Å². The van der Waals surface area contributed by atoms with E-state index in [1.807, 2.05) is 26.0 Å². The lowest BCUT2D eigenvalue weighted by Crippen LogP contribution is -1.99. The number of rotatable bonds is 4. The Morgan fingerprint density at radius 1 is 1.47 bits per heavy atom. The van der Waals surface area contributed by atoms with Gasteiger partial charge in [-0.25, -0.2) is 4.79 Å². The Hall–Kier alpha value is -1.75. The highest BCUT2D eigenvalue weighted by atomic mass is 32.1. The summed E-state index contributed by atoms with van der Waals surface area (Å²) < 4.78 is 10.8. The number of aryl methyl sites for hydroxylation is 2. The number of hydrogen-bond acceptors (Lipinski definition) is 4. The predicted molar refractivity (Wildman–Crippen MR) is 63.8 cm³/mol. The van der Waals surface area contributed by atoms with E-state index in [1.54, 1.807) is 6.07 Å². The molecule has 0 radical (unpaired) electrons. The second-order valence-corrected chi connectivity index (χ2v) is 4.91. The van der Waals surface area contributed by atoms with Crippen molar-refractivity contribution in [3.05, 3.63) is 39.5 Å². The highest BCUT2D eigenvalue weighted by Gasteiger charge is 2.15. The number of carboxylic acids is 1. The molecule has 17 heavy (non-hydrogen) atoms. The Kier molecular flexibility index (Phi) is 3.19. The highest BCUT2D eigenvalue weighted by molar-refractivity contribution is 7.14. The van der Waals surface area contributed by atoms with Gasteiger partial charge < -0.3 is 14.3 Å². The van der Waals surface area contributed by atoms with Gasteiger partial charge in [-0.05, 0) is 32.0 Å². The third-order valence-corrected chi connectivity index (χ3v) is 3.20. The zero-order valence-corrected chi connectivity index (χ0v) is 10.3. The van der Waals surface area contributed by atoms with Gasteiger partial charge in [-0.15, -0.1) is 11.3 Å². The van der Waals surface area contributed by atoms with E-state index in [4.69, 9.17) is 14.3 Å². The van der Waals surface area contributed by atoms with Crippen molar-refractivity contribution in [3.63, 3.8) is 0 Å². The topological polar surface area (TPSA) is 59.7 Å². The minimum Gasteiger partial charge on any atom is -0.484 e. The zero-order chi connectivity index (χ0) is 12.4. The summed E-state index contributed by atoms with van der Waals surface area (Å²) in [5.41, 5.74) is 0. The number of aromatic carboxylic acids is 1. The summed E-state index contributed by atoms with van der Waals surface area (Å²) in [7, 11) is 0. The minimum absolute atomic E-state index is 0.228. The number of thiophene rings is 1. The average Bonchev–Trinajstić information content (AvgIpc) is 2.82. The molecule has 0 aromatic carbocycles. The molecular weight excluding hydrogens is 240 g/mol. The van der Waals surface area contributed by atoms with Crippen LogP contribution >= 0.6 is 11.3 Å². The second-order valence-electron chi connectivity index (χ2n) is 3.66. The third-order valence-electron chi connectivity index (χ3n) is 2.18. The first kappa shape index (κ1) is 11.7. The fourth-order valence-corrected chi connectivity index (χ4v) is 2.25. The molecule has 2 aromatic rings. The molecule has 0 amide bonds.